The molecule has 0 bridgehead atoms. The minimum Gasteiger partial charge on any atom is -0.373 e. The van der Waals surface area contributed by atoms with Gasteiger partial charge in [-0.3, -0.25) is 5.01 Å². The lowest BCUT2D eigenvalue weighted by molar-refractivity contribution is -0.127. The SMILES string of the molecule is CCCC[C@H](NN(C)C)C1O[C@@H](COC(C)(C)C(C)C)[C@H](COC(C)(C)C(C)C)O1. The third-order valence-corrected chi connectivity index (χ3v) is 6.67. The normalized spacial score (nSPS) is 22.6. The zero-order valence-corrected chi connectivity index (χ0v) is 21.6. The van der Waals surface area contributed by atoms with Gasteiger partial charge in [-0.2, -0.15) is 0 Å². The second-order valence-electron chi connectivity index (χ2n) is 10.6. The molecule has 1 N–H and O–H groups in total. The van der Waals surface area contributed by atoms with Gasteiger partial charge in [-0.05, 0) is 46.0 Å². The molecule has 30 heavy (non-hydrogen) atoms. The van der Waals surface area contributed by atoms with Crippen molar-refractivity contribution >= 4 is 0 Å². The first-order valence-electron chi connectivity index (χ1n) is 11.8. The van der Waals surface area contributed by atoms with Gasteiger partial charge in [0.1, 0.15) is 12.2 Å². The number of hydrogen-bond donors (Lipinski definition) is 1. The highest BCUT2D eigenvalue weighted by Gasteiger charge is 2.42. The second kappa shape index (κ2) is 12.1. The van der Waals surface area contributed by atoms with Gasteiger partial charge in [-0.25, -0.2) is 5.43 Å². The summed E-state index contributed by atoms with van der Waals surface area (Å²) in [7, 11) is 4.01. The van der Waals surface area contributed by atoms with E-state index in [1.807, 2.05) is 19.1 Å². The minimum atomic E-state index is -0.314. The van der Waals surface area contributed by atoms with Crippen molar-refractivity contribution in [3.63, 3.8) is 0 Å². The van der Waals surface area contributed by atoms with Crippen LogP contribution in [0.4, 0.5) is 0 Å². The van der Waals surface area contributed by atoms with E-state index in [1.54, 1.807) is 0 Å². The Bertz CT molecular complexity index is 448. The highest BCUT2D eigenvalue weighted by atomic mass is 16.7. The lowest BCUT2D eigenvalue weighted by atomic mass is 9.94. The fraction of sp³-hybridized carbons (Fsp3) is 1.00. The summed E-state index contributed by atoms with van der Waals surface area (Å²) < 4.78 is 25.4. The van der Waals surface area contributed by atoms with Crippen LogP contribution < -0.4 is 5.43 Å². The molecule has 0 spiro atoms. The van der Waals surface area contributed by atoms with Crippen LogP contribution in [0.1, 0.15) is 81.6 Å². The monoisotopic (exact) mass is 430 g/mol. The van der Waals surface area contributed by atoms with E-state index in [0.29, 0.717) is 25.0 Å². The summed E-state index contributed by atoms with van der Waals surface area (Å²) in [5.74, 6) is 0.829. The van der Waals surface area contributed by atoms with Crippen LogP contribution in [0.2, 0.25) is 0 Å². The Balaban J connectivity index is 2.89. The molecule has 0 aliphatic carbocycles. The molecule has 1 aliphatic rings. The number of unbranched alkanes of at least 4 members (excludes halogenated alkanes) is 1. The molecule has 0 unspecified atom stereocenters. The predicted molar refractivity (Wildman–Crippen MR) is 123 cm³/mol. The average Bonchev–Trinajstić information content (AvgIpc) is 3.04. The molecule has 6 heteroatoms. The van der Waals surface area contributed by atoms with Gasteiger partial charge < -0.3 is 18.9 Å². The van der Waals surface area contributed by atoms with Crippen LogP contribution in [0.3, 0.4) is 0 Å². The van der Waals surface area contributed by atoms with Crippen LogP contribution >= 0.6 is 0 Å². The number of hydrogen-bond acceptors (Lipinski definition) is 6. The summed E-state index contributed by atoms with van der Waals surface area (Å²) in [4.78, 5) is 0. The van der Waals surface area contributed by atoms with E-state index in [0.717, 1.165) is 19.3 Å². The Morgan fingerprint density at radius 1 is 0.867 bits per heavy atom. The molecule has 180 valence electrons. The summed E-state index contributed by atoms with van der Waals surface area (Å²) in [6.07, 6.45) is 2.65. The van der Waals surface area contributed by atoms with Crippen molar-refractivity contribution in [2.45, 2.75) is 117 Å². The molecule has 1 rings (SSSR count). The first kappa shape index (κ1) is 27.8. The van der Waals surface area contributed by atoms with Crippen molar-refractivity contribution < 1.29 is 18.9 Å². The Morgan fingerprint density at radius 3 is 1.63 bits per heavy atom. The van der Waals surface area contributed by atoms with E-state index in [4.69, 9.17) is 18.9 Å². The Morgan fingerprint density at radius 2 is 1.30 bits per heavy atom. The van der Waals surface area contributed by atoms with E-state index in [2.05, 4.69) is 67.7 Å². The first-order valence-corrected chi connectivity index (χ1v) is 11.8. The van der Waals surface area contributed by atoms with Crippen molar-refractivity contribution in [1.29, 1.82) is 0 Å². The molecule has 1 fully saturated rings. The Labute approximate surface area is 186 Å². The first-order chi connectivity index (χ1) is 13.8. The van der Waals surface area contributed by atoms with Crippen LogP contribution in [-0.2, 0) is 18.9 Å². The number of nitrogens with zero attached hydrogens (tertiary/aromatic N) is 1. The molecular weight excluding hydrogens is 380 g/mol. The predicted octanol–water partition coefficient (Wildman–Crippen LogP) is 4.62. The van der Waals surface area contributed by atoms with Crippen molar-refractivity contribution in [1.82, 2.24) is 10.4 Å². The zero-order valence-electron chi connectivity index (χ0n) is 21.6. The van der Waals surface area contributed by atoms with Crippen molar-refractivity contribution in [2.24, 2.45) is 11.8 Å². The van der Waals surface area contributed by atoms with E-state index in [9.17, 15) is 0 Å². The van der Waals surface area contributed by atoms with Gasteiger partial charge in [-0.1, -0.05) is 47.5 Å². The van der Waals surface area contributed by atoms with E-state index in [-0.39, 0.29) is 35.7 Å². The number of hydrazine groups is 1. The summed E-state index contributed by atoms with van der Waals surface area (Å²) in [6.45, 7) is 20.5. The molecule has 0 radical (unpaired) electrons. The summed E-state index contributed by atoms with van der Waals surface area (Å²) in [6, 6.07) is 0.101. The quantitative estimate of drug-likeness (QED) is 0.406. The second-order valence-corrected chi connectivity index (χ2v) is 10.6. The van der Waals surface area contributed by atoms with Gasteiger partial charge in [0.05, 0.1) is 30.5 Å². The highest BCUT2D eigenvalue weighted by molar-refractivity contribution is 4.85. The third kappa shape index (κ3) is 8.71. The summed E-state index contributed by atoms with van der Waals surface area (Å²) in [5, 5.41) is 1.98. The highest BCUT2D eigenvalue weighted by Crippen LogP contribution is 2.29. The molecule has 1 aliphatic heterocycles. The van der Waals surface area contributed by atoms with Crippen LogP contribution in [0.5, 0.6) is 0 Å². The molecule has 0 aromatic heterocycles. The minimum absolute atomic E-state index is 0.101. The molecule has 0 saturated carbocycles. The van der Waals surface area contributed by atoms with Gasteiger partial charge >= 0.3 is 0 Å². The maximum Gasteiger partial charge on any atom is 0.175 e. The topological polar surface area (TPSA) is 52.2 Å². The van der Waals surface area contributed by atoms with Gasteiger partial charge in [0.15, 0.2) is 6.29 Å². The number of nitrogens with one attached hydrogen (secondary N) is 1. The zero-order chi connectivity index (χ0) is 23.1. The van der Waals surface area contributed by atoms with Crippen molar-refractivity contribution in [3.05, 3.63) is 0 Å². The molecule has 0 amide bonds. The molecule has 0 aromatic carbocycles. The third-order valence-electron chi connectivity index (χ3n) is 6.67. The van der Waals surface area contributed by atoms with Gasteiger partial charge in [0.2, 0.25) is 0 Å². The molecule has 1 heterocycles. The average molecular weight is 431 g/mol. The van der Waals surface area contributed by atoms with E-state index in [1.165, 1.54) is 0 Å². The fourth-order valence-corrected chi connectivity index (χ4v) is 2.98. The van der Waals surface area contributed by atoms with Gasteiger partial charge in [0.25, 0.3) is 0 Å². The van der Waals surface area contributed by atoms with Gasteiger partial charge in [-0.15, -0.1) is 0 Å². The van der Waals surface area contributed by atoms with E-state index >= 15 is 0 Å². The fourth-order valence-electron chi connectivity index (χ4n) is 2.98. The van der Waals surface area contributed by atoms with Crippen molar-refractivity contribution in [3.8, 4) is 0 Å². The van der Waals surface area contributed by atoms with E-state index < -0.39 is 0 Å². The lowest BCUT2D eigenvalue weighted by Gasteiger charge is -2.33. The number of rotatable bonds is 14. The van der Waals surface area contributed by atoms with Crippen molar-refractivity contribution in [2.75, 3.05) is 27.3 Å². The standard InChI is InChI=1S/C24H50N2O4/c1-12-13-14-19(25-26(10)11)22-29-20(15-27-23(6,7)17(2)3)21(30-22)16-28-24(8,9)18(4)5/h17-22,25H,12-16H2,1-11H3/t19-,20-,21-/m0/s1. The summed E-state index contributed by atoms with van der Waals surface area (Å²) >= 11 is 0. The molecule has 6 nitrogen and oxygen atoms in total. The summed E-state index contributed by atoms with van der Waals surface area (Å²) in [5.41, 5.74) is 3.05. The van der Waals surface area contributed by atoms with Crippen LogP contribution in [0.15, 0.2) is 0 Å². The lowest BCUT2D eigenvalue weighted by Crippen LogP contribution is -2.47. The maximum absolute atomic E-state index is 6.42. The smallest absolute Gasteiger partial charge is 0.175 e. The molecular formula is C24H50N2O4. The molecule has 1 saturated heterocycles. The maximum atomic E-state index is 6.42. The molecule has 3 atom stereocenters. The van der Waals surface area contributed by atoms with Crippen LogP contribution in [0.25, 0.3) is 0 Å². The van der Waals surface area contributed by atoms with Crippen LogP contribution in [-0.4, -0.2) is 68.1 Å². The van der Waals surface area contributed by atoms with Crippen LogP contribution in [0, 0.1) is 11.8 Å². The largest absolute Gasteiger partial charge is 0.373 e. The number of ether oxygens (including phenoxy) is 4. The Kier molecular flexibility index (Phi) is 11.2. The Hall–Kier alpha value is -0.240. The van der Waals surface area contributed by atoms with Gasteiger partial charge in [0, 0.05) is 14.1 Å². The molecule has 0 aromatic rings.